The maximum atomic E-state index is 12.2. The SMILES string of the molecule is CCC1COCCN1C(=O)C(=O)Nc1ccc(Cl)cc1. The molecule has 2 rings (SSSR count). The van der Waals surface area contributed by atoms with Crippen LogP contribution < -0.4 is 5.32 Å². The number of amides is 2. The quantitative estimate of drug-likeness (QED) is 0.848. The molecule has 1 atom stereocenters. The molecule has 108 valence electrons. The van der Waals surface area contributed by atoms with Gasteiger partial charge in [-0.15, -0.1) is 0 Å². The minimum absolute atomic E-state index is 0.0350. The fourth-order valence-electron chi connectivity index (χ4n) is 2.11. The van der Waals surface area contributed by atoms with Crippen LogP contribution in [0.1, 0.15) is 13.3 Å². The van der Waals surface area contributed by atoms with Crippen molar-refractivity contribution in [3.8, 4) is 0 Å². The zero-order valence-corrected chi connectivity index (χ0v) is 12.0. The fraction of sp³-hybridized carbons (Fsp3) is 0.429. The molecule has 2 amide bonds. The van der Waals surface area contributed by atoms with E-state index in [2.05, 4.69) is 5.32 Å². The van der Waals surface area contributed by atoms with Gasteiger partial charge in [-0.25, -0.2) is 0 Å². The molecule has 20 heavy (non-hydrogen) atoms. The predicted octanol–water partition coefficient (Wildman–Crippen LogP) is 1.92. The Morgan fingerprint density at radius 3 is 2.75 bits per heavy atom. The van der Waals surface area contributed by atoms with E-state index < -0.39 is 11.8 Å². The highest BCUT2D eigenvalue weighted by atomic mass is 35.5. The van der Waals surface area contributed by atoms with Gasteiger partial charge in [0.25, 0.3) is 0 Å². The van der Waals surface area contributed by atoms with Gasteiger partial charge in [0.15, 0.2) is 0 Å². The zero-order valence-electron chi connectivity index (χ0n) is 11.3. The Bertz CT molecular complexity index is 490. The number of carbonyl (C=O) groups excluding carboxylic acids is 2. The van der Waals surface area contributed by atoms with Crippen LogP contribution in [0.15, 0.2) is 24.3 Å². The molecular weight excluding hydrogens is 280 g/mol. The van der Waals surface area contributed by atoms with Crippen LogP contribution in [0.25, 0.3) is 0 Å². The van der Waals surface area contributed by atoms with E-state index in [1.54, 1.807) is 29.2 Å². The Morgan fingerprint density at radius 1 is 1.40 bits per heavy atom. The predicted molar refractivity (Wildman–Crippen MR) is 76.7 cm³/mol. The lowest BCUT2D eigenvalue weighted by Gasteiger charge is -2.34. The van der Waals surface area contributed by atoms with Crippen molar-refractivity contribution in [3.63, 3.8) is 0 Å². The van der Waals surface area contributed by atoms with Crippen LogP contribution in [-0.4, -0.2) is 42.5 Å². The summed E-state index contributed by atoms with van der Waals surface area (Å²) in [5.41, 5.74) is 0.550. The Hall–Kier alpha value is -1.59. The number of morpholine rings is 1. The minimum atomic E-state index is -0.632. The third kappa shape index (κ3) is 3.49. The van der Waals surface area contributed by atoms with Gasteiger partial charge in [-0.1, -0.05) is 18.5 Å². The number of ether oxygens (including phenoxy) is 1. The van der Waals surface area contributed by atoms with E-state index in [1.807, 2.05) is 6.92 Å². The highest BCUT2D eigenvalue weighted by Crippen LogP contribution is 2.15. The molecule has 0 aromatic heterocycles. The number of benzene rings is 1. The van der Waals surface area contributed by atoms with E-state index >= 15 is 0 Å². The topological polar surface area (TPSA) is 58.6 Å². The smallest absolute Gasteiger partial charge is 0.313 e. The molecule has 0 bridgehead atoms. The molecule has 1 aliphatic rings. The Balaban J connectivity index is 2.00. The van der Waals surface area contributed by atoms with Gasteiger partial charge < -0.3 is 15.0 Å². The average molecular weight is 297 g/mol. The van der Waals surface area contributed by atoms with Crippen molar-refractivity contribution in [2.45, 2.75) is 19.4 Å². The number of halogens is 1. The number of rotatable bonds is 2. The van der Waals surface area contributed by atoms with Crippen molar-refractivity contribution in [1.29, 1.82) is 0 Å². The van der Waals surface area contributed by atoms with Crippen LogP contribution in [-0.2, 0) is 14.3 Å². The monoisotopic (exact) mass is 296 g/mol. The highest BCUT2D eigenvalue weighted by molar-refractivity contribution is 6.39. The van der Waals surface area contributed by atoms with E-state index in [0.717, 1.165) is 6.42 Å². The molecule has 1 saturated heterocycles. The van der Waals surface area contributed by atoms with Crippen molar-refractivity contribution in [2.75, 3.05) is 25.1 Å². The van der Waals surface area contributed by atoms with Gasteiger partial charge in [0.1, 0.15) is 0 Å². The summed E-state index contributed by atoms with van der Waals surface area (Å²) < 4.78 is 5.32. The maximum absolute atomic E-state index is 12.2. The lowest BCUT2D eigenvalue weighted by Crippen LogP contribution is -2.51. The molecule has 1 N–H and O–H groups in total. The first-order chi connectivity index (χ1) is 9.61. The summed E-state index contributed by atoms with van der Waals surface area (Å²) in [6, 6.07) is 6.59. The molecular formula is C14H17ClN2O3. The number of anilines is 1. The average Bonchev–Trinajstić information content (AvgIpc) is 2.48. The molecule has 0 saturated carbocycles. The summed E-state index contributed by atoms with van der Waals surface area (Å²) in [5.74, 6) is -1.15. The Morgan fingerprint density at radius 2 is 2.10 bits per heavy atom. The first-order valence-electron chi connectivity index (χ1n) is 6.57. The van der Waals surface area contributed by atoms with Crippen molar-refractivity contribution < 1.29 is 14.3 Å². The van der Waals surface area contributed by atoms with Gasteiger partial charge in [0.05, 0.1) is 19.3 Å². The molecule has 5 nitrogen and oxygen atoms in total. The van der Waals surface area contributed by atoms with Crippen LogP contribution in [0.5, 0.6) is 0 Å². The van der Waals surface area contributed by atoms with Crippen LogP contribution in [0.3, 0.4) is 0 Å². The second-order valence-electron chi connectivity index (χ2n) is 4.60. The number of nitrogens with one attached hydrogen (secondary N) is 1. The first-order valence-corrected chi connectivity index (χ1v) is 6.95. The number of nitrogens with zero attached hydrogens (tertiary/aromatic N) is 1. The number of hydrogen-bond donors (Lipinski definition) is 1. The van der Waals surface area contributed by atoms with E-state index in [4.69, 9.17) is 16.3 Å². The lowest BCUT2D eigenvalue weighted by atomic mass is 10.1. The third-order valence-electron chi connectivity index (χ3n) is 3.26. The molecule has 1 fully saturated rings. The van der Waals surface area contributed by atoms with Crippen LogP contribution in [0.2, 0.25) is 5.02 Å². The summed E-state index contributed by atoms with van der Waals surface area (Å²) in [6.45, 7) is 3.37. The number of hydrogen-bond acceptors (Lipinski definition) is 3. The molecule has 6 heteroatoms. The minimum Gasteiger partial charge on any atom is -0.377 e. The van der Waals surface area contributed by atoms with Gasteiger partial charge >= 0.3 is 11.8 Å². The van der Waals surface area contributed by atoms with E-state index in [9.17, 15) is 9.59 Å². The molecule has 1 aromatic carbocycles. The summed E-state index contributed by atoms with van der Waals surface area (Å²) in [4.78, 5) is 25.7. The second kappa shape index (κ2) is 6.72. The molecule has 1 aromatic rings. The van der Waals surface area contributed by atoms with E-state index in [1.165, 1.54) is 0 Å². The second-order valence-corrected chi connectivity index (χ2v) is 5.03. The van der Waals surface area contributed by atoms with Gasteiger partial charge in [0, 0.05) is 17.3 Å². The molecule has 0 spiro atoms. The van der Waals surface area contributed by atoms with Crippen LogP contribution in [0, 0.1) is 0 Å². The first kappa shape index (κ1) is 14.8. The normalized spacial score (nSPS) is 18.7. The highest BCUT2D eigenvalue weighted by Gasteiger charge is 2.30. The van der Waals surface area contributed by atoms with Gasteiger partial charge in [-0.05, 0) is 30.7 Å². The lowest BCUT2D eigenvalue weighted by molar-refractivity contribution is -0.149. The Labute approximate surface area is 122 Å². The summed E-state index contributed by atoms with van der Waals surface area (Å²) in [7, 11) is 0. The van der Waals surface area contributed by atoms with E-state index in [-0.39, 0.29) is 6.04 Å². The summed E-state index contributed by atoms with van der Waals surface area (Å²) in [6.07, 6.45) is 0.764. The van der Waals surface area contributed by atoms with Gasteiger partial charge in [0.2, 0.25) is 0 Å². The summed E-state index contributed by atoms with van der Waals surface area (Å²) >= 11 is 5.77. The molecule has 0 radical (unpaired) electrons. The number of carbonyl (C=O) groups is 2. The standard InChI is InChI=1S/C14H17ClN2O3/c1-2-12-9-20-8-7-17(12)14(19)13(18)16-11-5-3-10(15)4-6-11/h3-6,12H,2,7-9H2,1H3,(H,16,18). The molecule has 0 aliphatic carbocycles. The molecule has 1 aliphatic heterocycles. The largest absolute Gasteiger partial charge is 0.377 e. The van der Waals surface area contributed by atoms with Crippen molar-refractivity contribution in [1.82, 2.24) is 4.90 Å². The Kier molecular flexibility index (Phi) is 4.98. The van der Waals surface area contributed by atoms with Crippen molar-refractivity contribution in [2.24, 2.45) is 0 Å². The van der Waals surface area contributed by atoms with E-state index in [0.29, 0.717) is 30.5 Å². The zero-order chi connectivity index (χ0) is 14.5. The summed E-state index contributed by atoms with van der Waals surface area (Å²) in [5, 5.41) is 3.16. The van der Waals surface area contributed by atoms with Crippen molar-refractivity contribution >= 4 is 29.1 Å². The van der Waals surface area contributed by atoms with Gasteiger partial charge in [-0.3, -0.25) is 9.59 Å². The van der Waals surface area contributed by atoms with Crippen molar-refractivity contribution in [3.05, 3.63) is 29.3 Å². The maximum Gasteiger partial charge on any atom is 0.313 e. The third-order valence-corrected chi connectivity index (χ3v) is 3.51. The fourth-order valence-corrected chi connectivity index (χ4v) is 2.23. The van der Waals surface area contributed by atoms with Crippen LogP contribution >= 0.6 is 11.6 Å². The molecule has 1 unspecified atom stereocenters. The van der Waals surface area contributed by atoms with Gasteiger partial charge in [-0.2, -0.15) is 0 Å². The molecule has 1 heterocycles. The van der Waals surface area contributed by atoms with Crippen LogP contribution in [0.4, 0.5) is 5.69 Å².